The van der Waals surface area contributed by atoms with Gasteiger partial charge in [-0.05, 0) is 38.8 Å². The molecular formula is C19H24N2O5. The van der Waals surface area contributed by atoms with Gasteiger partial charge in [-0.25, -0.2) is 0 Å². The van der Waals surface area contributed by atoms with Crippen LogP contribution in [0.5, 0.6) is 0 Å². The number of aryl methyl sites for hydroxylation is 3. The number of rotatable bonds is 6. The lowest BCUT2D eigenvalue weighted by atomic mass is 10.0. The molecule has 2 rings (SSSR count). The molecule has 0 bridgehead atoms. The summed E-state index contributed by atoms with van der Waals surface area (Å²) < 4.78 is 5.12. The average Bonchev–Trinajstić information content (AvgIpc) is 2.87. The lowest BCUT2D eigenvalue weighted by molar-refractivity contribution is -0.154. The third kappa shape index (κ3) is 4.68. The van der Waals surface area contributed by atoms with Gasteiger partial charge < -0.3 is 10.1 Å². The lowest BCUT2D eigenvalue weighted by Crippen LogP contribution is -2.34. The molecule has 1 unspecified atom stereocenters. The number of nitrogens with zero attached hydrogens (tertiary/aromatic N) is 1. The number of benzene rings is 1. The van der Waals surface area contributed by atoms with Crippen LogP contribution in [0.1, 0.15) is 42.9 Å². The molecule has 1 heterocycles. The number of hydrogen-bond donors (Lipinski definition) is 1. The van der Waals surface area contributed by atoms with Gasteiger partial charge in [0.15, 0.2) is 6.10 Å². The maximum absolute atomic E-state index is 12.3. The van der Waals surface area contributed by atoms with E-state index in [1.54, 1.807) is 0 Å². The second kappa shape index (κ2) is 8.12. The maximum Gasteiger partial charge on any atom is 0.308 e. The van der Waals surface area contributed by atoms with E-state index in [1.807, 2.05) is 32.9 Å². The second-order valence-electron chi connectivity index (χ2n) is 6.58. The molecule has 0 saturated carbocycles. The Kier molecular flexibility index (Phi) is 6.13. The summed E-state index contributed by atoms with van der Waals surface area (Å²) in [6.45, 7) is 7.25. The molecule has 1 aromatic rings. The van der Waals surface area contributed by atoms with Gasteiger partial charge in [0, 0.05) is 25.1 Å². The summed E-state index contributed by atoms with van der Waals surface area (Å²) in [5.41, 5.74) is 3.67. The van der Waals surface area contributed by atoms with Crippen molar-refractivity contribution >= 4 is 29.4 Å². The number of carbonyl (C=O) groups is 4. The van der Waals surface area contributed by atoms with Crippen molar-refractivity contribution < 1.29 is 23.9 Å². The third-order valence-corrected chi connectivity index (χ3v) is 4.30. The van der Waals surface area contributed by atoms with Gasteiger partial charge in [-0.3, -0.25) is 24.1 Å². The van der Waals surface area contributed by atoms with Gasteiger partial charge >= 0.3 is 5.97 Å². The zero-order valence-electron chi connectivity index (χ0n) is 15.5. The van der Waals surface area contributed by atoms with Gasteiger partial charge in [-0.2, -0.15) is 0 Å². The number of amides is 3. The predicted octanol–water partition coefficient (Wildman–Crippen LogP) is 2.02. The Labute approximate surface area is 152 Å². The van der Waals surface area contributed by atoms with Gasteiger partial charge in [0.1, 0.15) is 0 Å². The highest BCUT2D eigenvalue weighted by atomic mass is 16.5. The van der Waals surface area contributed by atoms with Gasteiger partial charge in [0.05, 0.1) is 6.42 Å². The smallest absolute Gasteiger partial charge is 0.308 e. The van der Waals surface area contributed by atoms with Crippen LogP contribution in [0.15, 0.2) is 12.1 Å². The Morgan fingerprint density at radius 1 is 1.12 bits per heavy atom. The zero-order chi connectivity index (χ0) is 19.4. The summed E-state index contributed by atoms with van der Waals surface area (Å²) in [4.78, 5) is 48.3. The second-order valence-corrected chi connectivity index (χ2v) is 6.58. The first kappa shape index (κ1) is 19.6. The molecule has 1 aliphatic rings. The van der Waals surface area contributed by atoms with Gasteiger partial charge in [-0.1, -0.05) is 17.7 Å². The molecule has 0 spiro atoms. The molecule has 0 aromatic heterocycles. The van der Waals surface area contributed by atoms with Crippen LogP contribution in [0.25, 0.3) is 0 Å². The molecule has 140 valence electrons. The highest BCUT2D eigenvalue weighted by Gasteiger charge is 2.29. The zero-order valence-corrected chi connectivity index (χ0v) is 15.5. The predicted molar refractivity (Wildman–Crippen MR) is 95.4 cm³/mol. The van der Waals surface area contributed by atoms with Crippen molar-refractivity contribution in [1.29, 1.82) is 0 Å². The van der Waals surface area contributed by atoms with Crippen molar-refractivity contribution in [3.63, 3.8) is 0 Å². The van der Waals surface area contributed by atoms with E-state index in [0.29, 0.717) is 5.69 Å². The largest absolute Gasteiger partial charge is 0.452 e. The monoisotopic (exact) mass is 360 g/mol. The maximum atomic E-state index is 12.3. The van der Waals surface area contributed by atoms with E-state index < -0.39 is 18.0 Å². The van der Waals surface area contributed by atoms with E-state index in [-0.39, 0.29) is 37.6 Å². The van der Waals surface area contributed by atoms with Gasteiger partial charge in [0.2, 0.25) is 11.8 Å². The van der Waals surface area contributed by atoms with Crippen LogP contribution in [-0.4, -0.2) is 41.2 Å². The first-order valence-corrected chi connectivity index (χ1v) is 8.60. The van der Waals surface area contributed by atoms with Crippen LogP contribution in [0.3, 0.4) is 0 Å². The Balaban J connectivity index is 1.87. The van der Waals surface area contributed by atoms with Crippen molar-refractivity contribution in [1.82, 2.24) is 4.90 Å². The number of likely N-dealkylation sites (tertiary alicyclic amines) is 1. The molecule has 26 heavy (non-hydrogen) atoms. The van der Waals surface area contributed by atoms with E-state index in [0.717, 1.165) is 21.6 Å². The van der Waals surface area contributed by atoms with Crippen molar-refractivity contribution in [2.45, 2.75) is 53.1 Å². The van der Waals surface area contributed by atoms with E-state index in [1.165, 1.54) is 6.92 Å². The van der Waals surface area contributed by atoms with Crippen LogP contribution in [0.4, 0.5) is 5.69 Å². The van der Waals surface area contributed by atoms with Crippen LogP contribution in [-0.2, 0) is 23.9 Å². The summed E-state index contributed by atoms with van der Waals surface area (Å²) in [5.74, 6) is -1.61. The molecular weight excluding hydrogens is 336 g/mol. The number of ether oxygens (including phenoxy) is 1. The topological polar surface area (TPSA) is 92.8 Å². The Hall–Kier alpha value is -2.70. The quantitative estimate of drug-likeness (QED) is 0.619. The standard InChI is InChI=1S/C19H24N2O5/c1-11-9-12(2)18(13(3)10-11)20-19(25)14(4)26-17(24)7-8-21-15(22)5-6-16(21)23/h9-10,14H,5-8H2,1-4H3,(H,20,25). The fourth-order valence-electron chi connectivity index (χ4n) is 2.99. The first-order chi connectivity index (χ1) is 12.2. The van der Waals surface area contributed by atoms with Crippen molar-refractivity contribution in [3.8, 4) is 0 Å². The average molecular weight is 360 g/mol. The minimum atomic E-state index is -0.979. The van der Waals surface area contributed by atoms with Crippen LogP contribution >= 0.6 is 0 Å². The third-order valence-electron chi connectivity index (χ3n) is 4.30. The van der Waals surface area contributed by atoms with Gasteiger partial charge in [0.25, 0.3) is 5.91 Å². The van der Waals surface area contributed by atoms with Crippen molar-refractivity contribution in [2.24, 2.45) is 0 Å². The number of hydrogen-bond acceptors (Lipinski definition) is 5. The molecule has 1 N–H and O–H groups in total. The van der Waals surface area contributed by atoms with E-state index >= 15 is 0 Å². The van der Waals surface area contributed by atoms with Crippen LogP contribution in [0, 0.1) is 20.8 Å². The lowest BCUT2D eigenvalue weighted by Gasteiger charge is -2.18. The summed E-state index contributed by atoms with van der Waals surface area (Å²) in [7, 11) is 0. The molecule has 0 aliphatic carbocycles. The van der Waals surface area contributed by atoms with Crippen LogP contribution in [0.2, 0.25) is 0 Å². The van der Waals surface area contributed by atoms with E-state index in [4.69, 9.17) is 4.74 Å². The summed E-state index contributed by atoms with van der Waals surface area (Å²) in [5, 5.41) is 2.79. The minimum Gasteiger partial charge on any atom is -0.452 e. The molecule has 0 radical (unpaired) electrons. The molecule has 7 heteroatoms. The summed E-state index contributed by atoms with van der Waals surface area (Å²) in [6.07, 6.45) is -0.741. The molecule has 1 fully saturated rings. The summed E-state index contributed by atoms with van der Waals surface area (Å²) >= 11 is 0. The number of esters is 1. The highest BCUT2D eigenvalue weighted by Crippen LogP contribution is 2.22. The fraction of sp³-hybridized carbons (Fsp3) is 0.474. The Bertz CT molecular complexity index is 717. The molecule has 1 atom stereocenters. The Morgan fingerprint density at radius 2 is 1.65 bits per heavy atom. The van der Waals surface area contributed by atoms with E-state index in [9.17, 15) is 19.2 Å². The Morgan fingerprint density at radius 3 is 2.19 bits per heavy atom. The molecule has 1 saturated heterocycles. The molecule has 3 amide bonds. The van der Waals surface area contributed by atoms with Crippen molar-refractivity contribution in [2.75, 3.05) is 11.9 Å². The SMILES string of the molecule is Cc1cc(C)c(NC(=O)C(C)OC(=O)CCN2C(=O)CCC2=O)c(C)c1. The van der Waals surface area contributed by atoms with Crippen LogP contribution < -0.4 is 5.32 Å². The summed E-state index contributed by atoms with van der Waals surface area (Å²) in [6, 6.07) is 3.92. The van der Waals surface area contributed by atoms with Gasteiger partial charge in [-0.15, -0.1) is 0 Å². The number of nitrogens with one attached hydrogen (secondary N) is 1. The normalized spacial score (nSPS) is 15.2. The molecule has 1 aliphatic heterocycles. The highest BCUT2D eigenvalue weighted by molar-refractivity contribution is 6.02. The van der Waals surface area contributed by atoms with Crippen molar-refractivity contribution in [3.05, 3.63) is 28.8 Å². The number of imide groups is 1. The minimum absolute atomic E-state index is 0.0129. The fourth-order valence-corrected chi connectivity index (χ4v) is 2.99. The number of anilines is 1. The number of carbonyl (C=O) groups excluding carboxylic acids is 4. The first-order valence-electron chi connectivity index (χ1n) is 8.60. The molecule has 1 aromatic carbocycles. The van der Waals surface area contributed by atoms with E-state index in [2.05, 4.69) is 5.32 Å². The molecule has 7 nitrogen and oxygen atoms in total.